The van der Waals surface area contributed by atoms with Crippen LogP contribution in [0.2, 0.25) is 0 Å². The van der Waals surface area contributed by atoms with Gasteiger partial charge in [0.2, 0.25) is 0 Å². The zero-order valence-corrected chi connectivity index (χ0v) is 13.6. The molecule has 0 saturated heterocycles. The number of hydrogen-bond donors (Lipinski definition) is 1. The van der Waals surface area contributed by atoms with Crippen LogP contribution in [0.25, 0.3) is 0 Å². The van der Waals surface area contributed by atoms with E-state index in [0.29, 0.717) is 5.92 Å². The molecule has 5 heteroatoms. The number of nitrogens with one attached hydrogen (secondary N) is 1. The Morgan fingerprint density at radius 2 is 2.11 bits per heavy atom. The summed E-state index contributed by atoms with van der Waals surface area (Å²) < 4.78 is 4.16. The highest BCUT2D eigenvalue weighted by Crippen LogP contribution is 2.34. The van der Waals surface area contributed by atoms with Crippen LogP contribution < -0.4 is 5.32 Å². The number of rotatable bonds is 6. The highest BCUT2D eigenvalue weighted by Gasteiger charge is 2.23. The Hall–Kier alpha value is -0.780. The Kier molecular flexibility index (Phi) is 5.07. The van der Waals surface area contributed by atoms with Gasteiger partial charge >= 0.3 is 0 Å². The van der Waals surface area contributed by atoms with E-state index in [1.54, 1.807) is 0 Å². The maximum atomic E-state index is 4.31. The topological polar surface area (TPSA) is 37.8 Å². The lowest BCUT2D eigenvalue weighted by Crippen LogP contribution is -2.22. The van der Waals surface area contributed by atoms with Crippen LogP contribution in [0.15, 0.2) is 12.1 Å². The van der Waals surface area contributed by atoms with Crippen molar-refractivity contribution in [1.82, 2.24) is 14.9 Å². The van der Waals surface area contributed by atoms with E-state index in [1.165, 1.54) is 26.2 Å². The van der Waals surface area contributed by atoms with Crippen molar-refractivity contribution in [1.29, 1.82) is 0 Å². The summed E-state index contributed by atoms with van der Waals surface area (Å²) in [4.78, 5) is 3.98. The predicted octanol–water partition coefficient (Wildman–Crippen LogP) is 4.12. The van der Waals surface area contributed by atoms with Crippen LogP contribution in [-0.2, 0) is 0 Å². The molecule has 0 aliphatic rings. The summed E-state index contributed by atoms with van der Waals surface area (Å²) in [6.07, 6.45) is 1.13. The second-order valence-electron chi connectivity index (χ2n) is 5.01. The van der Waals surface area contributed by atoms with Crippen LogP contribution in [0, 0.1) is 6.92 Å². The first-order chi connectivity index (χ1) is 9.13. The van der Waals surface area contributed by atoms with E-state index >= 15 is 0 Å². The molecule has 1 N–H and O–H groups in total. The molecule has 1 atom stereocenters. The fraction of sp³-hybridized carbons (Fsp3) is 0.571. The molecule has 0 amide bonds. The summed E-state index contributed by atoms with van der Waals surface area (Å²) in [5.74, 6) is 0.417. The van der Waals surface area contributed by atoms with Crippen LogP contribution in [-0.4, -0.2) is 16.1 Å². The minimum Gasteiger partial charge on any atom is -0.305 e. The van der Waals surface area contributed by atoms with Crippen molar-refractivity contribution in [2.45, 2.75) is 46.1 Å². The molecule has 2 rings (SSSR count). The average molecular weight is 295 g/mol. The summed E-state index contributed by atoms with van der Waals surface area (Å²) in [5.41, 5.74) is 1.13. The Bertz CT molecular complexity index is 516. The quantitative estimate of drug-likeness (QED) is 0.871. The van der Waals surface area contributed by atoms with Gasteiger partial charge in [-0.1, -0.05) is 25.3 Å². The monoisotopic (exact) mass is 295 g/mol. The minimum atomic E-state index is 0.246. The first-order valence-electron chi connectivity index (χ1n) is 6.75. The van der Waals surface area contributed by atoms with E-state index in [-0.39, 0.29) is 6.04 Å². The maximum absolute atomic E-state index is 4.31. The summed E-state index contributed by atoms with van der Waals surface area (Å²) in [6.45, 7) is 9.71. The van der Waals surface area contributed by atoms with Crippen molar-refractivity contribution in [3.8, 4) is 0 Å². The first kappa shape index (κ1) is 14.6. The summed E-state index contributed by atoms with van der Waals surface area (Å²) >= 11 is 3.38. The Labute approximate surface area is 123 Å². The van der Waals surface area contributed by atoms with Crippen LogP contribution in [0.4, 0.5) is 0 Å². The Morgan fingerprint density at radius 1 is 1.32 bits per heavy atom. The maximum Gasteiger partial charge on any atom is 0.0832 e. The van der Waals surface area contributed by atoms with Gasteiger partial charge in [-0.25, -0.2) is 0 Å². The van der Waals surface area contributed by atoms with E-state index in [0.717, 1.165) is 18.7 Å². The predicted molar refractivity (Wildman–Crippen MR) is 83.2 cm³/mol. The number of hydrogen-bond acceptors (Lipinski definition) is 5. The molecule has 0 bridgehead atoms. The summed E-state index contributed by atoms with van der Waals surface area (Å²) in [5, 5.41) is 7.95. The Balaban J connectivity index is 2.34. The number of thiophene rings is 1. The van der Waals surface area contributed by atoms with Crippen molar-refractivity contribution in [3.05, 3.63) is 32.5 Å². The lowest BCUT2D eigenvalue weighted by molar-refractivity contribution is 0.603. The molecule has 0 aliphatic carbocycles. The third kappa shape index (κ3) is 3.41. The second-order valence-corrected chi connectivity index (χ2v) is 7.12. The minimum absolute atomic E-state index is 0.246. The molecule has 3 nitrogen and oxygen atoms in total. The number of nitrogens with zero attached hydrogens (tertiary/aromatic N) is 2. The van der Waals surface area contributed by atoms with Gasteiger partial charge in [-0.3, -0.25) is 0 Å². The van der Waals surface area contributed by atoms with Crippen molar-refractivity contribution >= 4 is 22.9 Å². The molecule has 19 heavy (non-hydrogen) atoms. The zero-order valence-electron chi connectivity index (χ0n) is 11.9. The largest absolute Gasteiger partial charge is 0.305 e. The van der Waals surface area contributed by atoms with Gasteiger partial charge in [-0.05, 0) is 49.5 Å². The molecule has 1 unspecified atom stereocenters. The van der Waals surface area contributed by atoms with Gasteiger partial charge in [0.25, 0.3) is 0 Å². The third-order valence-corrected chi connectivity index (χ3v) is 4.86. The van der Waals surface area contributed by atoms with E-state index in [9.17, 15) is 0 Å². The van der Waals surface area contributed by atoms with Crippen molar-refractivity contribution in [3.63, 3.8) is 0 Å². The molecule has 0 aromatic carbocycles. The summed E-state index contributed by atoms with van der Waals surface area (Å²) in [6, 6.07) is 4.65. The van der Waals surface area contributed by atoms with Crippen LogP contribution in [0.5, 0.6) is 0 Å². The fourth-order valence-electron chi connectivity index (χ4n) is 2.02. The van der Waals surface area contributed by atoms with Gasteiger partial charge in [-0.2, -0.15) is 0 Å². The van der Waals surface area contributed by atoms with Gasteiger partial charge < -0.3 is 5.32 Å². The van der Waals surface area contributed by atoms with Gasteiger partial charge in [0.1, 0.15) is 0 Å². The highest BCUT2D eigenvalue weighted by atomic mass is 32.1. The molecule has 0 spiro atoms. The molecule has 0 radical (unpaired) electrons. The Morgan fingerprint density at radius 3 is 2.68 bits per heavy atom. The third-order valence-electron chi connectivity index (χ3n) is 2.99. The van der Waals surface area contributed by atoms with E-state index < -0.39 is 0 Å². The molecular weight excluding hydrogens is 274 g/mol. The van der Waals surface area contributed by atoms with Gasteiger partial charge in [0.15, 0.2) is 0 Å². The smallest absolute Gasteiger partial charge is 0.0832 e. The lowest BCUT2D eigenvalue weighted by Gasteiger charge is -2.17. The van der Waals surface area contributed by atoms with Crippen LogP contribution in [0.1, 0.15) is 59.5 Å². The molecular formula is C14H21N3S2. The van der Waals surface area contributed by atoms with Crippen molar-refractivity contribution in [2.24, 2.45) is 0 Å². The van der Waals surface area contributed by atoms with E-state index in [4.69, 9.17) is 0 Å². The van der Waals surface area contributed by atoms with Gasteiger partial charge in [0.05, 0.1) is 16.6 Å². The van der Waals surface area contributed by atoms with Crippen molar-refractivity contribution in [2.75, 3.05) is 6.54 Å². The lowest BCUT2D eigenvalue weighted by atomic mass is 10.0. The second kappa shape index (κ2) is 6.59. The number of aryl methyl sites for hydroxylation is 1. The first-order valence-corrected chi connectivity index (χ1v) is 8.34. The molecule has 0 saturated carbocycles. The zero-order chi connectivity index (χ0) is 13.8. The standard InChI is InChI=1S/C14H21N3S2/c1-5-8-15-13(11-7-6-10(4)18-11)14-12(9(2)3)16-17-19-14/h6-7,9,13,15H,5,8H2,1-4H3. The SMILES string of the molecule is CCCNC(c1ccc(C)s1)c1snnc1C(C)C. The van der Waals surface area contributed by atoms with E-state index in [2.05, 4.69) is 54.7 Å². The molecule has 2 heterocycles. The normalized spacial score (nSPS) is 13.1. The van der Waals surface area contributed by atoms with Crippen LogP contribution >= 0.6 is 22.9 Å². The molecule has 104 valence electrons. The molecule has 0 fully saturated rings. The van der Waals surface area contributed by atoms with E-state index in [1.807, 2.05) is 11.3 Å². The fourth-order valence-corrected chi connectivity index (χ4v) is 3.96. The van der Waals surface area contributed by atoms with Crippen LogP contribution in [0.3, 0.4) is 0 Å². The number of aromatic nitrogens is 2. The average Bonchev–Trinajstić information content (AvgIpc) is 2.99. The highest BCUT2D eigenvalue weighted by molar-refractivity contribution is 7.12. The van der Waals surface area contributed by atoms with Gasteiger partial charge in [-0.15, -0.1) is 16.4 Å². The summed E-state index contributed by atoms with van der Waals surface area (Å²) in [7, 11) is 0. The van der Waals surface area contributed by atoms with Gasteiger partial charge in [0, 0.05) is 9.75 Å². The van der Waals surface area contributed by atoms with Crippen molar-refractivity contribution < 1.29 is 0 Å². The molecule has 2 aromatic rings. The molecule has 0 aliphatic heterocycles. The molecule has 2 aromatic heterocycles.